The third-order valence-electron chi connectivity index (χ3n) is 4.53. The molecule has 1 aliphatic carbocycles. The third kappa shape index (κ3) is 3.40. The molecule has 20 heavy (non-hydrogen) atoms. The summed E-state index contributed by atoms with van der Waals surface area (Å²) in [7, 11) is 0. The van der Waals surface area contributed by atoms with Crippen molar-refractivity contribution in [2.75, 3.05) is 18.4 Å². The van der Waals surface area contributed by atoms with Crippen molar-refractivity contribution in [3.05, 3.63) is 29.8 Å². The Balaban J connectivity index is 1.58. The number of piperidine rings is 1. The van der Waals surface area contributed by atoms with Crippen LogP contribution in [0.4, 0.5) is 5.69 Å². The summed E-state index contributed by atoms with van der Waals surface area (Å²) in [5, 5.41) is 3.06. The van der Waals surface area contributed by atoms with Gasteiger partial charge in [-0.3, -0.25) is 9.69 Å². The van der Waals surface area contributed by atoms with Gasteiger partial charge in [0.1, 0.15) is 0 Å². The topological polar surface area (TPSA) is 32.3 Å². The van der Waals surface area contributed by atoms with E-state index in [4.69, 9.17) is 0 Å². The van der Waals surface area contributed by atoms with E-state index in [0.717, 1.165) is 25.1 Å². The Bertz CT molecular complexity index is 462. The molecule has 0 aromatic heterocycles. The van der Waals surface area contributed by atoms with Gasteiger partial charge in [0.25, 0.3) is 0 Å². The van der Waals surface area contributed by atoms with Gasteiger partial charge >= 0.3 is 0 Å². The second kappa shape index (κ2) is 6.40. The highest BCUT2D eigenvalue weighted by Gasteiger charge is 2.25. The highest BCUT2D eigenvalue weighted by atomic mass is 16.1. The molecule has 1 heterocycles. The molecular weight excluding hydrogens is 248 g/mol. The van der Waals surface area contributed by atoms with Crippen LogP contribution in [0.15, 0.2) is 24.3 Å². The van der Waals surface area contributed by atoms with Crippen LogP contribution < -0.4 is 5.32 Å². The van der Waals surface area contributed by atoms with Crippen molar-refractivity contribution in [2.45, 2.75) is 45.1 Å². The fourth-order valence-corrected chi connectivity index (χ4v) is 3.04. The van der Waals surface area contributed by atoms with E-state index in [-0.39, 0.29) is 11.8 Å². The molecule has 1 aromatic rings. The minimum atomic E-state index is 0.200. The zero-order valence-electron chi connectivity index (χ0n) is 12.1. The second-order valence-electron chi connectivity index (χ2n) is 6.15. The van der Waals surface area contributed by atoms with Gasteiger partial charge in [-0.25, -0.2) is 0 Å². The molecule has 0 atom stereocenters. The number of carbonyl (C=O) groups is 1. The molecule has 1 saturated heterocycles. The van der Waals surface area contributed by atoms with Crippen molar-refractivity contribution in [1.29, 1.82) is 0 Å². The average Bonchev–Trinajstić information content (AvgIpc) is 2.38. The number of hydrogen-bond acceptors (Lipinski definition) is 2. The van der Waals surface area contributed by atoms with Crippen LogP contribution in [0.25, 0.3) is 0 Å². The number of likely N-dealkylation sites (tertiary alicyclic amines) is 1. The molecule has 108 valence electrons. The molecule has 1 aliphatic heterocycles. The number of hydrogen-bond donors (Lipinski definition) is 1. The lowest BCUT2D eigenvalue weighted by Gasteiger charge is -2.27. The second-order valence-corrected chi connectivity index (χ2v) is 6.15. The van der Waals surface area contributed by atoms with Crippen LogP contribution in [0.3, 0.4) is 0 Å². The Morgan fingerprint density at radius 3 is 2.65 bits per heavy atom. The molecule has 0 unspecified atom stereocenters. The summed E-state index contributed by atoms with van der Waals surface area (Å²) in [5.41, 5.74) is 2.26. The first-order valence-corrected chi connectivity index (χ1v) is 7.93. The zero-order valence-corrected chi connectivity index (χ0v) is 12.1. The molecule has 2 aliphatic rings. The smallest absolute Gasteiger partial charge is 0.227 e. The Labute approximate surface area is 121 Å². The molecule has 3 rings (SSSR count). The van der Waals surface area contributed by atoms with Crippen LogP contribution in [0.1, 0.15) is 44.1 Å². The molecule has 1 amide bonds. The van der Waals surface area contributed by atoms with Crippen LogP contribution in [0.5, 0.6) is 0 Å². The molecule has 0 spiro atoms. The number of anilines is 1. The summed E-state index contributed by atoms with van der Waals surface area (Å²) >= 11 is 0. The van der Waals surface area contributed by atoms with E-state index in [1.165, 1.54) is 44.3 Å². The van der Waals surface area contributed by atoms with Gasteiger partial charge in [-0.05, 0) is 56.5 Å². The number of nitrogens with one attached hydrogen (secondary N) is 1. The van der Waals surface area contributed by atoms with Crippen molar-refractivity contribution in [3.8, 4) is 0 Å². The maximum absolute atomic E-state index is 12.0. The van der Waals surface area contributed by atoms with E-state index in [0.29, 0.717) is 0 Å². The maximum atomic E-state index is 12.0. The standard InChI is InChI=1S/C17H24N2O/c20-17(15-7-5-8-15)18-16-9-4-6-14(12-16)13-19-10-2-1-3-11-19/h4,6,9,12,15H,1-3,5,7-8,10-11,13H2,(H,18,20). The van der Waals surface area contributed by atoms with Gasteiger partial charge in [0, 0.05) is 18.2 Å². The molecule has 0 bridgehead atoms. The summed E-state index contributed by atoms with van der Waals surface area (Å²) in [5.74, 6) is 0.451. The number of rotatable bonds is 4. The number of carbonyl (C=O) groups excluding carboxylic acids is 1. The van der Waals surface area contributed by atoms with Crippen LogP contribution in [0.2, 0.25) is 0 Å². The van der Waals surface area contributed by atoms with E-state index in [9.17, 15) is 4.79 Å². The Hall–Kier alpha value is -1.35. The summed E-state index contributed by atoms with van der Waals surface area (Å²) in [4.78, 5) is 14.5. The first-order valence-electron chi connectivity index (χ1n) is 7.93. The lowest BCUT2D eigenvalue weighted by atomic mass is 9.85. The Morgan fingerprint density at radius 1 is 1.15 bits per heavy atom. The summed E-state index contributed by atoms with van der Waals surface area (Å²) in [6.45, 7) is 3.42. The van der Waals surface area contributed by atoms with E-state index >= 15 is 0 Å². The molecule has 1 N–H and O–H groups in total. The van der Waals surface area contributed by atoms with Crippen LogP contribution in [-0.2, 0) is 11.3 Å². The van der Waals surface area contributed by atoms with Crippen molar-refractivity contribution < 1.29 is 4.79 Å². The van der Waals surface area contributed by atoms with E-state index in [2.05, 4.69) is 28.4 Å². The minimum Gasteiger partial charge on any atom is -0.326 e. The van der Waals surface area contributed by atoms with Gasteiger partial charge in [-0.2, -0.15) is 0 Å². The lowest BCUT2D eigenvalue weighted by molar-refractivity contribution is -0.122. The van der Waals surface area contributed by atoms with Crippen LogP contribution >= 0.6 is 0 Å². The lowest BCUT2D eigenvalue weighted by Crippen LogP contribution is -2.29. The van der Waals surface area contributed by atoms with Crippen molar-refractivity contribution in [2.24, 2.45) is 5.92 Å². The number of amides is 1. The fourth-order valence-electron chi connectivity index (χ4n) is 3.04. The Morgan fingerprint density at radius 2 is 1.95 bits per heavy atom. The van der Waals surface area contributed by atoms with Gasteiger partial charge in [-0.1, -0.05) is 25.0 Å². The molecule has 2 fully saturated rings. The van der Waals surface area contributed by atoms with E-state index in [1.54, 1.807) is 0 Å². The predicted octanol–water partition coefficient (Wildman–Crippen LogP) is 3.41. The largest absolute Gasteiger partial charge is 0.326 e. The van der Waals surface area contributed by atoms with Crippen molar-refractivity contribution >= 4 is 11.6 Å². The quantitative estimate of drug-likeness (QED) is 0.911. The monoisotopic (exact) mass is 272 g/mol. The number of benzene rings is 1. The molecule has 3 heteroatoms. The van der Waals surface area contributed by atoms with Gasteiger partial charge in [0.05, 0.1) is 0 Å². The maximum Gasteiger partial charge on any atom is 0.227 e. The van der Waals surface area contributed by atoms with Crippen molar-refractivity contribution in [1.82, 2.24) is 4.90 Å². The highest BCUT2D eigenvalue weighted by molar-refractivity contribution is 5.93. The van der Waals surface area contributed by atoms with Crippen LogP contribution in [0, 0.1) is 5.92 Å². The minimum absolute atomic E-state index is 0.200. The number of nitrogens with zero attached hydrogens (tertiary/aromatic N) is 1. The van der Waals surface area contributed by atoms with Gasteiger partial charge in [0.15, 0.2) is 0 Å². The van der Waals surface area contributed by atoms with Gasteiger partial charge in [-0.15, -0.1) is 0 Å². The molecule has 1 saturated carbocycles. The van der Waals surface area contributed by atoms with Gasteiger partial charge < -0.3 is 5.32 Å². The normalized spacial score (nSPS) is 20.4. The predicted molar refractivity (Wildman–Crippen MR) is 81.5 cm³/mol. The average molecular weight is 272 g/mol. The molecule has 1 aromatic carbocycles. The molecular formula is C17H24N2O. The molecule has 0 radical (unpaired) electrons. The van der Waals surface area contributed by atoms with Crippen LogP contribution in [-0.4, -0.2) is 23.9 Å². The fraction of sp³-hybridized carbons (Fsp3) is 0.588. The third-order valence-corrected chi connectivity index (χ3v) is 4.53. The van der Waals surface area contributed by atoms with E-state index in [1.807, 2.05) is 6.07 Å². The first-order chi connectivity index (χ1) is 9.81. The van der Waals surface area contributed by atoms with Crippen molar-refractivity contribution in [3.63, 3.8) is 0 Å². The zero-order chi connectivity index (χ0) is 13.8. The van der Waals surface area contributed by atoms with E-state index < -0.39 is 0 Å². The van der Waals surface area contributed by atoms with Gasteiger partial charge in [0.2, 0.25) is 5.91 Å². The first kappa shape index (κ1) is 13.6. The Kier molecular flexibility index (Phi) is 4.36. The highest BCUT2D eigenvalue weighted by Crippen LogP contribution is 2.27. The summed E-state index contributed by atoms with van der Waals surface area (Å²) in [6.07, 6.45) is 7.32. The SMILES string of the molecule is O=C(Nc1cccc(CN2CCCCC2)c1)C1CCC1. The summed E-state index contributed by atoms with van der Waals surface area (Å²) in [6, 6.07) is 8.34. The summed E-state index contributed by atoms with van der Waals surface area (Å²) < 4.78 is 0. The molecule has 3 nitrogen and oxygen atoms in total.